The molecule has 1 fully saturated rings. The first-order valence-corrected chi connectivity index (χ1v) is 10.7. The van der Waals surface area contributed by atoms with Crippen LogP contribution in [0.4, 0.5) is 11.4 Å². The molecule has 0 spiro atoms. The summed E-state index contributed by atoms with van der Waals surface area (Å²) in [6.07, 6.45) is 3.69. The van der Waals surface area contributed by atoms with Crippen molar-refractivity contribution in [1.82, 2.24) is 5.32 Å². The lowest BCUT2D eigenvalue weighted by molar-refractivity contribution is 0.0978. The van der Waals surface area contributed by atoms with Gasteiger partial charge in [-0.15, -0.1) is 0 Å². The van der Waals surface area contributed by atoms with Crippen LogP contribution in [-0.4, -0.2) is 24.1 Å². The highest BCUT2D eigenvalue weighted by molar-refractivity contribution is 7.80. The maximum atomic E-state index is 12.6. The Hall–Kier alpha value is -3.18. The molecule has 2 N–H and O–H groups in total. The average Bonchev–Trinajstić information content (AvgIpc) is 2.80. The Balaban J connectivity index is 1.40. The number of nitrogens with zero attached hydrogens (tertiary/aromatic N) is 1. The number of amides is 1. The van der Waals surface area contributed by atoms with Crippen molar-refractivity contribution in [2.24, 2.45) is 0 Å². The van der Waals surface area contributed by atoms with Gasteiger partial charge >= 0.3 is 0 Å². The third kappa shape index (κ3) is 4.86. The standard InChI is InChI=1S/C25H25N3OS/c29-24(21-15-13-20(14-16-21)19-9-3-1-4-10-19)27-25(30)26-22-11-5-6-12-23(22)28-17-7-2-8-18-28/h1,3-6,9-16H,2,7-8,17-18H2,(H2,26,27,29,30). The van der Waals surface area contributed by atoms with Crippen molar-refractivity contribution < 1.29 is 4.79 Å². The highest BCUT2D eigenvalue weighted by Gasteiger charge is 2.15. The topological polar surface area (TPSA) is 44.4 Å². The normalized spacial score (nSPS) is 13.5. The number of thiocarbonyl (C=S) groups is 1. The van der Waals surface area contributed by atoms with Crippen molar-refractivity contribution in [3.63, 3.8) is 0 Å². The zero-order chi connectivity index (χ0) is 20.8. The summed E-state index contributed by atoms with van der Waals surface area (Å²) in [6.45, 7) is 2.09. The predicted molar refractivity (Wildman–Crippen MR) is 128 cm³/mol. The van der Waals surface area contributed by atoms with Gasteiger partial charge < -0.3 is 10.2 Å². The van der Waals surface area contributed by atoms with Crippen LogP contribution in [0.25, 0.3) is 11.1 Å². The summed E-state index contributed by atoms with van der Waals surface area (Å²) in [5, 5.41) is 6.30. The molecule has 1 amide bonds. The first-order valence-electron chi connectivity index (χ1n) is 10.3. The molecule has 0 radical (unpaired) electrons. The number of benzene rings is 3. The third-order valence-electron chi connectivity index (χ3n) is 5.33. The number of carbonyl (C=O) groups excluding carboxylic acids is 1. The largest absolute Gasteiger partial charge is 0.370 e. The van der Waals surface area contributed by atoms with Crippen LogP contribution in [0.15, 0.2) is 78.9 Å². The van der Waals surface area contributed by atoms with E-state index in [0.29, 0.717) is 10.7 Å². The molecule has 1 saturated heterocycles. The number of anilines is 2. The maximum absolute atomic E-state index is 12.6. The minimum atomic E-state index is -0.220. The van der Waals surface area contributed by atoms with E-state index in [2.05, 4.69) is 21.6 Å². The number of rotatable bonds is 4. The molecule has 152 valence electrons. The Bertz CT molecular complexity index is 1010. The number of hydrogen-bond donors (Lipinski definition) is 2. The number of carbonyl (C=O) groups is 1. The lowest BCUT2D eigenvalue weighted by Gasteiger charge is -2.30. The van der Waals surface area contributed by atoms with Gasteiger partial charge in [0, 0.05) is 18.7 Å². The van der Waals surface area contributed by atoms with E-state index >= 15 is 0 Å². The summed E-state index contributed by atoms with van der Waals surface area (Å²) >= 11 is 5.41. The van der Waals surface area contributed by atoms with Crippen molar-refractivity contribution in [3.05, 3.63) is 84.4 Å². The third-order valence-corrected chi connectivity index (χ3v) is 5.53. The van der Waals surface area contributed by atoms with Gasteiger partial charge in [0.2, 0.25) is 0 Å². The summed E-state index contributed by atoms with van der Waals surface area (Å²) in [7, 11) is 0. The van der Waals surface area contributed by atoms with Crippen LogP contribution in [0, 0.1) is 0 Å². The van der Waals surface area contributed by atoms with Gasteiger partial charge in [0.25, 0.3) is 5.91 Å². The van der Waals surface area contributed by atoms with Crippen LogP contribution < -0.4 is 15.5 Å². The van der Waals surface area contributed by atoms with E-state index < -0.39 is 0 Å². The van der Waals surface area contributed by atoms with Gasteiger partial charge in [0.1, 0.15) is 0 Å². The Morgan fingerprint density at radius 2 is 1.40 bits per heavy atom. The second-order valence-electron chi connectivity index (χ2n) is 7.42. The summed E-state index contributed by atoms with van der Waals surface area (Å²) < 4.78 is 0. The van der Waals surface area contributed by atoms with E-state index in [1.54, 1.807) is 0 Å². The van der Waals surface area contributed by atoms with Crippen LogP contribution in [0.1, 0.15) is 29.6 Å². The van der Waals surface area contributed by atoms with E-state index in [9.17, 15) is 4.79 Å². The molecule has 0 atom stereocenters. The van der Waals surface area contributed by atoms with Crippen molar-refractivity contribution in [2.45, 2.75) is 19.3 Å². The van der Waals surface area contributed by atoms with Crippen molar-refractivity contribution in [1.29, 1.82) is 0 Å². The van der Waals surface area contributed by atoms with Crippen LogP contribution in [0.2, 0.25) is 0 Å². The van der Waals surface area contributed by atoms with Crippen LogP contribution in [-0.2, 0) is 0 Å². The molecule has 3 aromatic rings. The zero-order valence-electron chi connectivity index (χ0n) is 16.8. The highest BCUT2D eigenvalue weighted by Crippen LogP contribution is 2.28. The summed E-state index contributed by atoms with van der Waals surface area (Å²) in [6, 6.07) is 25.7. The van der Waals surface area contributed by atoms with E-state index in [-0.39, 0.29) is 5.91 Å². The number of para-hydroxylation sites is 2. The molecule has 3 aromatic carbocycles. The molecule has 5 heteroatoms. The quantitative estimate of drug-likeness (QED) is 0.555. The molecule has 0 saturated carbocycles. The highest BCUT2D eigenvalue weighted by atomic mass is 32.1. The molecule has 4 rings (SSSR count). The van der Waals surface area contributed by atoms with Crippen molar-refractivity contribution >= 4 is 34.6 Å². The van der Waals surface area contributed by atoms with Crippen LogP contribution in [0.3, 0.4) is 0 Å². The van der Waals surface area contributed by atoms with Gasteiger partial charge in [-0.2, -0.15) is 0 Å². The molecular formula is C25H25N3OS. The van der Waals surface area contributed by atoms with E-state index in [0.717, 1.165) is 35.6 Å². The van der Waals surface area contributed by atoms with Gasteiger partial charge in [0.15, 0.2) is 5.11 Å². The summed E-state index contributed by atoms with van der Waals surface area (Å²) in [4.78, 5) is 15.0. The minimum Gasteiger partial charge on any atom is -0.370 e. The molecule has 0 unspecified atom stereocenters. The first kappa shape index (κ1) is 20.1. The molecule has 1 heterocycles. The van der Waals surface area contributed by atoms with Crippen LogP contribution in [0.5, 0.6) is 0 Å². The monoisotopic (exact) mass is 415 g/mol. The summed E-state index contributed by atoms with van der Waals surface area (Å²) in [5.41, 5.74) is 4.81. The molecule has 30 heavy (non-hydrogen) atoms. The Morgan fingerprint density at radius 1 is 0.767 bits per heavy atom. The van der Waals surface area contributed by atoms with Gasteiger partial charge in [-0.25, -0.2) is 0 Å². The second-order valence-corrected chi connectivity index (χ2v) is 7.82. The fraction of sp³-hybridized carbons (Fsp3) is 0.200. The maximum Gasteiger partial charge on any atom is 0.257 e. The van der Waals surface area contributed by atoms with Crippen molar-refractivity contribution in [2.75, 3.05) is 23.3 Å². The van der Waals surface area contributed by atoms with Crippen LogP contribution >= 0.6 is 12.2 Å². The molecule has 0 aliphatic carbocycles. The molecular weight excluding hydrogens is 390 g/mol. The number of hydrogen-bond acceptors (Lipinski definition) is 3. The van der Waals surface area contributed by atoms with E-state index in [1.165, 1.54) is 19.3 Å². The average molecular weight is 416 g/mol. The SMILES string of the molecule is O=C(NC(=S)Nc1ccccc1N1CCCCC1)c1ccc(-c2ccccc2)cc1. The molecule has 0 aromatic heterocycles. The molecule has 4 nitrogen and oxygen atoms in total. The number of piperidine rings is 1. The lowest BCUT2D eigenvalue weighted by atomic mass is 10.0. The van der Waals surface area contributed by atoms with Gasteiger partial charge in [0.05, 0.1) is 11.4 Å². The molecule has 1 aliphatic rings. The molecule has 0 bridgehead atoms. The number of nitrogens with one attached hydrogen (secondary N) is 2. The van der Waals surface area contributed by atoms with Gasteiger partial charge in [-0.05, 0) is 66.9 Å². The smallest absolute Gasteiger partial charge is 0.257 e. The molecule has 1 aliphatic heterocycles. The predicted octanol–water partition coefficient (Wildman–Crippen LogP) is 5.47. The van der Waals surface area contributed by atoms with E-state index in [4.69, 9.17) is 12.2 Å². The Morgan fingerprint density at radius 3 is 2.13 bits per heavy atom. The first-order chi connectivity index (χ1) is 14.7. The minimum absolute atomic E-state index is 0.220. The Labute approximate surface area is 182 Å². The Kier molecular flexibility index (Phi) is 6.40. The summed E-state index contributed by atoms with van der Waals surface area (Å²) in [5.74, 6) is -0.220. The fourth-order valence-electron chi connectivity index (χ4n) is 3.76. The van der Waals surface area contributed by atoms with Gasteiger partial charge in [-0.1, -0.05) is 54.6 Å². The zero-order valence-corrected chi connectivity index (χ0v) is 17.6. The van der Waals surface area contributed by atoms with Gasteiger partial charge in [-0.3, -0.25) is 10.1 Å². The second kappa shape index (κ2) is 9.55. The lowest BCUT2D eigenvalue weighted by Crippen LogP contribution is -2.35. The fourth-order valence-corrected chi connectivity index (χ4v) is 3.97. The van der Waals surface area contributed by atoms with Crippen molar-refractivity contribution in [3.8, 4) is 11.1 Å². The van der Waals surface area contributed by atoms with E-state index in [1.807, 2.05) is 72.8 Å².